The number of benzene rings is 1. The van der Waals surface area contributed by atoms with E-state index >= 15 is 0 Å². The summed E-state index contributed by atoms with van der Waals surface area (Å²) >= 11 is 0. The van der Waals surface area contributed by atoms with Crippen LogP contribution in [0.15, 0.2) is 47.7 Å². The number of anilines is 1. The molecule has 2 aliphatic heterocycles. The summed E-state index contributed by atoms with van der Waals surface area (Å²) in [7, 11) is 3.42. The van der Waals surface area contributed by atoms with Crippen molar-refractivity contribution in [3.8, 4) is 0 Å². The number of hydrogen-bond acceptors (Lipinski definition) is 5. The van der Waals surface area contributed by atoms with Gasteiger partial charge in [0.1, 0.15) is 6.10 Å². The number of hydrogen-bond donors (Lipinski definition) is 1. The van der Waals surface area contributed by atoms with Crippen LogP contribution in [-0.4, -0.2) is 73.7 Å². The molecule has 2 bridgehead atoms. The van der Waals surface area contributed by atoms with Crippen molar-refractivity contribution < 1.29 is 19.1 Å². The van der Waals surface area contributed by atoms with Crippen molar-refractivity contribution in [3.63, 3.8) is 0 Å². The smallest absolute Gasteiger partial charge is 0.254 e. The number of carbonyl (C=O) groups is 2. The average Bonchev–Trinajstić information content (AvgIpc) is 3.11. The number of nitrogens with zero attached hydrogens (tertiary/aromatic N) is 2. The molecule has 0 aromatic heterocycles. The zero-order valence-electron chi connectivity index (χ0n) is 22.9. The minimum atomic E-state index is -0.0688. The lowest BCUT2D eigenvalue weighted by atomic mass is 9.65. The van der Waals surface area contributed by atoms with E-state index in [9.17, 15) is 9.59 Å². The second-order valence-electron chi connectivity index (χ2n) is 12.5. The summed E-state index contributed by atoms with van der Waals surface area (Å²) in [6.07, 6.45) is 9.19. The molecule has 1 saturated carbocycles. The van der Waals surface area contributed by atoms with Gasteiger partial charge >= 0.3 is 0 Å². The van der Waals surface area contributed by atoms with Gasteiger partial charge in [-0.2, -0.15) is 0 Å². The fraction of sp³-hybridized carbons (Fsp3) is 0.600. The van der Waals surface area contributed by atoms with Gasteiger partial charge in [0.25, 0.3) is 5.91 Å². The molecule has 4 unspecified atom stereocenters. The lowest BCUT2D eigenvalue weighted by Crippen LogP contribution is -2.37. The van der Waals surface area contributed by atoms with Crippen LogP contribution < -0.4 is 5.32 Å². The molecule has 2 heterocycles. The fourth-order valence-corrected chi connectivity index (χ4v) is 7.31. The van der Waals surface area contributed by atoms with Gasteiger partial charge in [-0.1, -0.05) is 20.8 Å². The highest BCUT2D eigenvalue weighted by molar-refractivity contribution is 5.96. The SMILES string of the molecule is COC1C=C2CCN(CC(=O)Nc3ccc(C(=O)N4CC5(C)CC4CC(C)(C)C5)cc3)C=C2CC1OC. The second-order valence-corrected chi connectivity index (χ2v) is 12.5. The van der Waals surface area contributed by atoms with Crippen LogP contribution in [0, 0.1) is 10.8 Å². The van der Waals surface area contributed by atoms with Crippen molar-refractivity contribution in [3.05, 3.63) is 53.3 Å². The summed E-state index contributed by atoms with van der Waals surface area (Å²) in [5, 5.41) is 2.99. The van der Waals surface area contributed by atoms with E-state index in [1.807, 2.05) is 24.3 Å². The van der Waals surface area contributed by atoms with Crippen molar-refractivity contribution in [2.75, 3.05) is 39.2 Å². The number of fused-ring (bicyclic) bond motifs is 3. The zero-order valence-corrected chi connectivity index (χ0v) is 22.9. The molecule has 7 heteroatoms. The monoisotopic (exact) mass is 507 g/mol. The van der Waals surface area contributed by atoms with Gasteiger partial charge in [-0.25, -0.2) is 0 Å². The summed E-state index contributed by atoms with van der Waals surface area (Å²) in [5.74, 6) is 0.0337. The van der Waals surface area contributed by atoms with Crippen LogP contribution >= 0.6 is 0 Å². The third-order valence-electron chi connectivity index (χ3n) is 8.59. The molecule has 4 aliphatic rings. The van der Waals surface area contributed by atoms with Gasteiger partial charge in [0.15, 0.2) is 0 Å². The van der Waals surface area contributed by atoms with Crippen molar-refractivity contribution in [1.29, 1.82) is 0 Å². The quantitative estimate of drug-likeness (QED) is 0.609. The van der Waals surface area contributed by atoms with Gasteiger partial charge in [0.05, 0.1) is 12.6 Å². The molecular formula is C30H41N3O4. The van der Waals surface area contributed by atoms with Crippen LogP contribution in [0.5, 0.6) is 0 Å². The number of methoxy groups -OCH3 is 2. The molecule has 4 atom stereocenters. The Morgan fingerprint density at radius 1 is 1.05 bits per heavy atom. The molecule has 7 nitrogen and oxygen atoms in total. The summed E-state index contributed by atoms with van der Waals surface area (Å²) in [5.41, 5.74) is 4.38. The summed E-state index contributed by atoms with van der Waals surface area (Å²) < 4.78 is 11.2. The third-order valence-corrected chi connectivity index (χ3v) is 8.59. The van der Waals surface area contributed by atoms with Gasteiger partial charge in [-0.05, 0) is 78.0 Å². The van der Waals surface area contributed by atoms with Crippen LogP contribution in [0.2, 0.25) is 0 Å². The lowest BCUT2D eigenvalue weighted by molar-refractivity contribution is -0.116. The van der Waals surface area contributed by atoms with Gasteiger partial charge in [0.2, 0.25) is 5.91 Å². The Balaban J connectivity index is 1.18. The maximum Gasteiger partial charge on any atom is 0.254 e. The third kappa shape index (κ3) is 5.48. The Bertz CT molecular complexity index is 1110. The molecule has 2 aliphatic carbocycles. The van der Waals surface area contributed by atoms with Crippen LogP contribution in [-0.2, 0) is 14.3 Å². The standard InChI is InChI=1S/C30H41N3O4/c1-29(2)14-24-15-30(3,18-29)19-33(24)28(35)20-6-8-23(9-7-20)31-27(34)17-32-11-10-21-12-25(36-4)26(37-5)13-22(21)16-32/h6-9,12,16,24-26H,10-11,13-15,17-19H2,1-5H3,(H,31,34). The topological polar surface area (TPSA) is 71.1 Å². The average molecular weight is 508 g/mol. The highest BCUT2D eigenvalue weighted by Gasteiger charge is 2.51. The normalized spacial score (nSPS) is 30.4. The van der Waals surface area contributed by atoms with Crippen LogP contribution in [0.1, 0.15) is 63.2 Å². The van der Waals surface area contributed by atoms with E-state index in [0.717, 1.165) is 45.2 Å². The number of rotatable bonds is 6. The van der Waals surface area contributed by atoms with E-state index in [4.69, 9.17) is 9.47 Å². The number of amides is 2. The van der Waals surface area contributed by atoms with Crippen molar-refractivity contribution in [2.24, 2.45) is 10.8 Å². The molecule has 2 fully saturated rings. The van der Waals surface area contributed by atoms with Gasteiger partial charge in [-0.3, -0.25) is 9.59 Å². The van der Waals surface area contributed by atoms with Gasteiger partial charge < -0.3 is 24.6 Å². The number of carbonyl (C=O) groups excluding carboxylic acids is 2. The molecule has 0 spiro atoms. The molecule has 1 N–H and O–H groups in total. The Hall–Kier alpha value is -2.64. The number of ether oxygens (including phenoxy) is 2. The summed E-state index contributed by atoms with van der Waals surface area (Å²) in [4.78, 5) is 30.3. The van der Waals surface area contributed by atoms with E-state index < -0.39 is 0 Å². The Labute approximate surface area is 220 Å². The molecule has 2 amide bonds. The maximum absolute atomic E-state index is 13.3. The van der Waals surface area contributed by atoms with E-state index in [-0.39, 0.29) is 41.4 Å². The molecule has 5 rings (SSSR count). The van der Waals surface area contributed by atoms with Crippen LogP contribution in [0.3, 0.4) is 0 Å². The lowest BCUT2D eigenvalue weighted by Gasteiger charge is -2.39. The van der Waals surface area contributed by atoms with Crippen LogP contribution in [0.4, 0.5) is 5.69 Å². The first-order chi connectivity index (χ1) is 17.6. The van der Waals surface area contributed by atoms with E-state index in [0.29, 0.717) is 17.3 Å². The largest absolute Gasteiger partial charge is 0.378 e. The van der Waals surface area contributed by atoms with E-state index in [2.05, 4.69) is 48.2 Å². The predicted octanol–water partition coefficient (Wildman–Crippen LogP) is 4.62. The van der Waals surface area contributed by atoms with Gasteiger partial charge in [0, 0.05) is 57.2 Å². The fourth-order valence-electron chi connectivity index (χ4n) is 7.31. The second kappa shape index (κ2) is 9.91. The molecule has 1 saturated heterocycles. The Kier molecular flexibility index (Phi) is 6.96. The molecule has 0 radical (unpaired) electrons. The zero-order chi connectivity index (χ0) is 26.4. The summed E-state index contributed by atoms with van der Waals surface area (Å²) in [6.45, 7) is 8.87. The minimum absolute atomic E-state index is 0.00975. The minimum Gasteiger partial charge on any atom is -0.378 e. The number of nitrogens with one attached hydrogen (secondary N) is 1. The first-order valence-corrected chi connectivity index (χ1v) is 13.5. The highest BCUT2D eigenvalue weighted by atomic mass is 16.5. The first-order valence-electron chi connectivity index (χ1n) is 13.5. The molecule has 200 valence electrons. The Morgan fingerprint density at radius 3 is 2.51 bits per heavy atom. The maximum atomic E-state index is 13.3. The predicted molar refractivity (Wildman–Crippen MR) is 144 cm³/mol. The van der Waals surface area contributed by atoms with E-state index in [1.165, 1.54) is 11.1 Å². The Morgan fingerprint density at radius 2 is 1.81 bits per heavy atom. The van der Waals surface area contributed by atoms with Crippen LogP contribution in [0.25, 0.3) is 0 Å². The summed E-state index contributed by atoms with van der Waals surface area (Å²) in [6, 6.07) is 7.67. The molecule has 37 heavy (non-hydrogen) atoms. The van der Waals surface area contributed by atoms with Crippen molar-refractivity contribution in [1.82, 2.24) is 9.80 Å². The van der Waals surface area contributed by atoms with Crippen molar-refractivity contribution in [2.45, 2.75) is 71.1 Å². The van der Waals surface area contributed by atoms with Crippen molar-refractivity contribution >= 4 is 17.5 Å². The molecule has 1 aromatic rings. The first kappa shape index (κ1) is 26.0. The molecule has 1 aromatic carbocycles. The number of likely N-dealkylation sites (tertiary alicyclic amines) is 1. The van der Waals surface area contributed by atoms with Gasteiger partial charge in [-0.15, -0.1) is 0 Å². The van der Waals surface area contributed by atoms with E-state index in [1.54, 1.807) is 14.2 Å². The highest BCUT2D eigenvalue weighted by Crippen LogP contribution is 2.52. The molecular weight excluding hydrogens is 466 g/mol.